The summed E-state index contributed by atoms with van der Waals surface area (Å²) in [7, 11) is 2.09. The summed E-state index contributed by atoms with van der Waals surface area (Å²) in [6.07, 6.45) is 1.89. The summed E-state index contributed by atoms with van der Waals surface area (Å²) in [5.41, 5.74) is 1.44. The van der Waals surface area contributed by atoms with Crippen molar-refractivity contribution < 1.29 is 9.50 Å². The fourth-order valence-corrected chi connectivity index (χ4v) is 2.45. The average molecular weight is 322 g/mol. The van der Waals surface area contributed by atoms with E-state index in [1.165, 1.54) is 6.07 Å². The Hall–Kier alpha value is -1.42. The standard InChI is InChI=1S/C12H8ClF.C6H13NO/c13-10-7-5-9(6-8-10)11-3-1-2-4-12(11)14;1-7-4-2-6(8)3-5-7/h1-8H;6,8H,2-5H2,1H3. The van der Waals surface area contributed by atoms with E-state index in [0.29, 0.717) is 10.6 Å². The number of aliphatic hydroxyl groups excluding tert-OH is 1. The number of hydrogen-bond acceptors (Lipinski definition) is 2. The monoisotopic (exact) mass is 321 g/mol. The Morgan fingerprint density at radius 2 is 1.64 bits per heavy atom. The van der Waals surface area contributed by atoms with Crippen LogP contribution >= 0.6 is 11.6 Å². The van der Waals surface area contributed by atoms with E-state index in [1.807, 2.05) is 6.07 Å². The molecule has 3 rings (SSSR count). The van der Waals surface area contributed by atoms with E-state index in [9.17, 15) is 4.39 Å². The van der Waals surface area contributed by atoms with Crippen LogP contribution in [-0.4, -0.2) is 36.2 Å². The van der Waals surface area contributed by atoms with Gasteiger partial charge in [0, 0.05) is 23.7 Å². The second-order valence-corrected chi connectivity index (χ2v) is 5.96. The van der Waals surface area contributed by atoms with Crippen LogP contribution in [0.15, 0.2) is 48.5 Å². The molecular formula is C18H21ClFNO. The molecule has 1 aliphatic rings. The quantitative estimate of drug-likeness (QED) is 0.850. The lowest BCUT2D eigenvalue weighted by atomic mass is 10.1. The number of likely N-dealkylation sites (tertiary alicyclic amines) is 1. The highest BCUT2D eigenvalue weighted by Crippen LogP contribution is 2.23. The van der Waals surface area contributed by atoms with Crippen molar-refractivity contribution in [3.63, 3.8) is 0 Å². The Kier molecular flexibility index (Phi) is 6.37. The predicted molar refractivity (Wildman–Crippen MR) is 89.6 cm³/mol. The van der Waals surface area contributed by atoms with E-state index in [2.05, 4.69) is 11.9 Å². The minimum atomic E-state index is -0.213. The van der Waals surface area contributed by atoms with Gasteiger partial charge in [0.15, 0.2) is 0 Å². The van der Waals surface area contributed by atoms with Crippen molar-refractivity contribution in [3.05, 3.63) is 59.4 Å². The smallest absolute Gasteiger partial charge is 0.131 e. The van der Waals surface area contributed by atoms with Crippen molar-refractivity contribution in [3.8, 4) is 11.1 Å². The minimum Gasteiger partial charge on any atom is -0.393 e. The maximum atomic E-state index is 13.3. The van der Waals surface area contributed by atoms with Crippen LogP contribution in [0.3, 0.4) is 0 Å². The fourth-order valence-electron chi connectivity index (χ4n) is 2.32. The zero-order valence-corrected chi connectivity index (χ0v) is 13.4. The fraction of sp³-hybridized carbons (Fsp3) is 0.333. The van der Waals surface area contributed by atoms with Crippen LogP contribution in [0.25, 0.3) is 11.1 Å². The Morgan fingerprint density at radius 3 is 2.18 bits per heavy atom. The van der Waals surface area contributed by atoms with Crippen molar-refractivity contribution in [2.45, 2.75) is 18.9 Å². The van der Waals surface area contributed by atoms with Crippen molar-refractivity contribution in [1.82, 2.24) is 4.90 Å². The molecule has 0 bridgehead atoms. The van der Waals surface area contributed by atoms with Gasteiger partial charge in [-0.3, -0.25) is 0 Å². The van der Waals surface area contributed by atoms with Crippen LogP contribution in [0.2, 0.25) is 5.02 Å². The summed E-state index contributed by atoms with van der Waals surface area (Å²) < 4.78 is 13.3. The van der Waals surface area contributed by atoms with Gasteiger partial charge in [0.1, 0.15) is 5.82 Å². The lowest BCUT2D eigenvalue weighted by molar-refractivity contribution is 0.0943. The topological polar surface area (TPSA) is 23.5 Å². The molecule has 0 radical (unpaired) electrons. The lowest BCUT2D eigenvalue weighted by Crippen LogP contribution is -2.32. The molecule has 0 spiro atoms. The third-order valence-corrected chi connectivity index (χ3v) is 3.97. The number of benzene rings is 2. The first kappa shape index (κ1) is 16.9. The first-order valence-electron chi connectivity index (χ1n) is 7.43. The number of nitrogens with zero attached hydrogens (tertiary/aromatic N) is 1. The largest absolute Gasteiger partial charge is 0.393 e. The van der Waals surface area contributed by atoms with Crippen molar-refractivity contribution >= 4 is 11.6 Å². The van der Waals surface area contributed by atoms with Crippen molar-refractivity contribution in [2.24, 2.45) is 0 Å². The summed E-state index contributed by atoms with van der Waals surface area (Å²) in [6.45, 7) is 2.11. The van der Waals surface area contributed by atoms with Crippen molar-refractivity contribution in [2.75, 3.05) is 20.1 Å². The van der Waals surface area contributed by atoms with Crippen LogP contribution in [0.1, 0.15) is 12.8 Å². The first-order valence-corrected chi connectivity index (χ1v) is 7.81. The molecule has 0 saturated carbocycles. The van der Waals surface area contributed by atoms with Gasteiger partial charge in [0.25, 0.3) is 0 Å². The van der Waals surface area contributed by atoms with E-state index >= 15 is 0 Å². The van der Waals surface area contributed by atoms with Crippen LogP contribution in [0.5, 0.6) is 0 Å². The van der Waals surface area contributed by atoms with Crippen LogP contribution in [0.4, 0.5) is 4.39 Å². The second-order valence-electron chi connectivity index (χ2n) is 5.52. The zero-order chi connectivity index (χ0) is 15.9. The molecule has 118 valence electrons. The van der Waals surface area contributed by atoms with Crippen molar-refractivity contribution in [1.29, 1.82) is 0 Å². The van der Waals surface area contributed by atoms with E-state index < -0.39 is 0 Å². The number of halogens is 2. The number of aliphatic hydroxyl groups is 1. The molecule has 1 N–H and O–H groups in total. The molecule has 0 aliphatic carbocycles. The Bertz CT molecular complexity index is 570. The molecule has 0 unspecified atom stereocenters. The SMILES string of the molecule is CN1CCC(O)CC1.Fc1ccccc1-c1ccc(Cl)cc1. The molecule has 2 aromatic carbocycles. The molecule has 4 heteroatoms. The minimum absolute atomic E-state index is 0.0220. The summed E-state index contributed by atoms with van der Waals surface area (Å²) in [4.78, 5) is 2.24. The van der Waals surface area contributed by atoms with Crippen LogP contribution < -0.4 is 0 Å². The van der Waals surface area contributed by atoms with Gasteiger partial charge in [0.05, 0.1) is 6.10 Å². The Morgan fingerprint density at radius 1 is 1.05 bits per heavy atom. The van der Waals surface area contributed by atoms with E-state index in [4.69, 9.17) is 16.7 Å². The Labute approximate surface area is 136 Å². The molecule has 2 aromatic rings. The molecule has 0 atom stereocenters. The molecule has 1 aliphatic heterocycles. The Balaban J connectivity index is 0.000000188. The van der Waals surface area contributed by atoms with Gasteiger partial charge in [-0.25, -0.2) is 4.39 Å². The number of rotatable bonds is 1. The molecule has 2 nitrogen and oxygen atoms in total. The third-order valence-electron chi connectivity index (χ3n) is 3.72. The molecular weight excluding hydrogens is 301 g/mol. The van der Waals surface area contributed by atoms with Gasteiger partial charge in [-0.05, 0) is 43.7 Å². The maximum absolute atomic E-state index is 13.3. The number of hydrogen-bond donors (Lipinski definition) is 1. The number of piperidine rings is 1. The van der Waals surface area contributed by atoms with Gasteiger partial charge >= 0.3 is 0 Å². The highest BCUT2D eigenvalue weighted by atomic mass is 35.5. The van der Waals surface area contributed by atoms with Gasteiger partial charge in [-0.1, -0.05) is 41.9 Å². The normalized spacial score (nSPS) is 16.0. The second kappa shape index (κ2) is 8.28. The summed E-state index contributed by atoms with van der Waals surface area (Å²) >= 11 is 5.75. The highest BCUT2D eigenvalue weighted by molar-refractivity contribution is 6.30. The van der Waals surface area contributed by atoms with Crippen LogP contribution in [-0.2, 0) is 0 Å². The van der Waals surface area contributed by atoms with E-state index in [0.717, 1.165) is 31.5 Å². The molecule has 0 aromatic heterocycles. The molecule has 1 fully saturated rings. The van der Waals surface area contributed by atoms with E-state index in [-0.39, 0.29) is 11.9 Å². The molecule has 0 amide bonds. The highest BCUT2D eigenvalue weighted by Gasteiger charge is 2.12. The summed E-state index contributed by atoms with van der Waals surface area (Å²) in [5, 5.41) is 9.66. The van der Waals surface area contributed by atoms with Crippen LogP contribution in [0, 0.1) is 5.82 Å². The van der Waals surface area contributed by atoms with Gasteiger partial charge in [0.2, 0.25) is 0 Å². The molecule has 22 heavy (non-hydrogen) atoms. The predicted octanol–water partition coefficient (Wildman–Crippen LogP) is 4.22. The summed E-state index contributed by atoms with van der Waals surface area (Å²) in [5.74, 6) is -0.213. The average Bonchev–Trinajstić information content (AvgIpc) is 2.52. The van der Waals surface area contributed by atoms with Gasteiger partial charge in [-0.15, -0.1) is 0 Å². The molecule has 1 heterocycles. The third kappa shape index (κ3) is 5.09. The lowest BCUT2D eigenvalue weighted by Gasteiger charge is -2.25. The maximum Gasteiger partial charge on any atom is 0.131 e. The first-order chi connectivity index (χ1) is 10.6. The molecule has 1 saturated heterocycles. The van der Waals surface area contributed by atoms with Gasteiger partial charge < -0.3 is 10.0 Å². The van der Waals surface area contributed by atoms with Gasteiger partial charge in [-0.2, -0.15) is 0 Å². The zero-order valence-electron chi connectivity index (χ0n) is 12.7. The van der Waals surface area contributed by atoms with E-state index in [1.54, 1.807) is 36.4 Å². The summed E-state index contributed by atoms with van der Waals surface area (Å²) in [6, 6.07) is 13.8.